The Hall–Kier alpha value is -3.05. The Labute approximate surface area is 189 Å². The average molecular weight is 435 g/mol. The van der Waals surface area contributed by atoms with Gasteiger partial charge in [0.2, 0.25) is 5.88 Å². The summed E-state index contributed by atoms with van der Waals surface area (Å²) < 4.78 is 5.81. The molecular weight excluding hydrogens is 404 g/mol. The highest BCUT2D eigenvalue weighted by molar-refractivity contribution is 7.13. The summed E-state index contributed by atoms with van der Waals surface area (Å²) in [6.45, 7) is 7.81. The zero-order valence-electron chi connectivity index (χ0n) is 17.7. The van der Waals surface area contributed by atoms with Crippen LogP contribution in [0.1, 0.15) is 45.5 Å². The fraction of sp³-hybridized carbons (Fsp3) is 0.269. The first-order chi connectivity index (χ1) is 14.5. The Morgan fingerprint density at radius 2 is 1.45 bits per heavy atom. The summed E-state index contributed by atoms with van der Waals surface area (Å²) in [5, 5.41) is 2.03. The lowest BCUT2D eigenvalue weighted by atomic mass is 10.0. The molecule has 4 nitrogen and oxygen atoms in total. The Kier molecular flexibility index (Phi) is 8.88. The highest BCUT2D eigenvalue weighted by atomic mass is 32.1. The Bertz CT molecular complexity index is 1090. The summed E-state index contributed by atoms with van der Waals surface area (Å²) in [4.78, 5) is 21.7. The van der Waals surface area contributed by atoms with E-state index in [0.29, 0.717) is 5.88 Å². The quantitative estimate of drug-likeness (QED) is 0.309. The first-order valence-corrected chi connectivity index (χ1v) is 10.9. The van der Waals surface area contributed by atoms with Gasteiger partial charge in [0.05, 0.1) is 22.0 Å². The summed E-state index contributed by atoms with van der Waals surface area (Å²) in [6, 6.07) is 21.3. The Morgan fingerprint density at radius 1 is 0.839 bits per heavy atom. The number of benzene rings is 2. The third-order valence-corrected chi connectivity index (χ3v) is 5.10. The average Bonchev–Trinajstić information content (AvgIpc) is 3.28. The van der Waals surface area contributed by atoms with Crippen LogP contribution in [-0.4, -0.2) is 21.9 Å². The fourth-order valence-corrected chi connectivity index (χ4v) is 3.50. The first-order valence-electron chi connectivity index (χ1n) is 10.0. The van der Waals surface area contributed by atoms with Crippen molar-refractivity contribution in [2.75, 3.05) is 0 Å². The van der Waals surface area contributed by atoms with E-state index in [2.05, 4.69) is 4.98 Å². The second-order valence-corrected chi connectivity index (χ2v) is 8.34. The molecule has 2 aromatic heterocycles. The molecule has 5 heteroatoms. The number of aromatic nitrogens is 2. The van der Waals surface area contributed by atoms with Crippen LogP contribution in [0.5, 0.6) is 5.88 Å². The van der Waals surface area contributed by atoms with Crippen LogP contribution < -0.4 is 4.74 Å². The van der Waals surface area contributed by atoms with Crippen LogP contribution in [-0.2, 0) is 0 Å². The third-order valence-electron chi connectivity index (χ3n) is 4.22. The van der Waals surface area contributed by atoms with E-state index in [1.54, 1.807) is 11.3 Å². The number of carbonyl (C=O) groups is 1. The highest BCUT2D eigenvalue weighted by Crippen LogP contribution is 2.32. The van der Waals surface area contributed by atoms with Crippen molar-refractivity contribution in [3.8, 4) is 16.5 Å². The summed E-state index contributed by atoms with van der Waals surface area (Å²) >= 11 is 1.64. The van der Waals surface area contributed by atoms with Crippen LogP contribution >= 0.6 is 11.3 Å². The maximum atomic E-state index is 11.3. The number of Topliss-reactive ketones (excluding diaryl/α,β-unsaturated/α-hetero) is 1. The van der Waals surface area contributed by atoms with E-state index >= 15 is 0 Å². The van der Waals surface area contributed by atoms with Gasteiger partial charge in [0.25, 0.3) is 0 Å². The van der Waals surface area contributed by atoms with E-state index in [0.717, 1.165) is 27.2 Å². The molecule has 0 saturated heterocycles. The van der Waals surface area contributed by atoms with Crippen LogP contribution in [0.25, 0.3) is 21.6 Å². The molecule has 0 unspecified atom stereocenters. The van der Waals surface area contributed by atoms with Crippen molar-refractivity contribution in [3.05, 3.63) is 77.7 Å². The van der Waals surface area contributed by atoms with Crippen molar-refractivity contribution >= 4 is 28.2 Å². The van der Waals surface area contributed by atoms with Gasteiger partial charge in [-0.3, -0.25) is 4.79 Å². The molecule has 0 atom stereocenters. The zero-order valence-corrected chi connectivity index (χ0v) is 18.5. The number of ether oxygens (including phenoxy) is 1. The molecule has 0 amide bonds. The molecule has 31 heavy (non-hydrogen) atoms. The van der Waals surface area contributed by atoms with Crippen LogP contribution in [0.4, 0.5) is 0 Å². The number of rotatable bonds is 5. The van der Waals surface area contributed by atoms with Crippen LogP contribution in [0.3, 0.4) is 0 Å². The fourth-order valence-electron chi connectivity index (χ4n) is 2.80. The van der Waals surface area contributed by atoms with Crippen molar-refractivity contribution in [2.45, 2.75) is 41.2 Å². The second kappa shape index (κ2) is 11.4. The van der Waals surface area contributed by atoms with Crippen molar-refractivity contribution in [1.82, 2.24) is 9.97 Å². The monoisotopic (exact) mass is 434 g/mol. The lowest BCUT2D eigenvalue weighted by Crippen LogP contribution is -2.08. The molecule has 0 aliphatic carbocycles. The minimum absolute atomic E-state index is 0. The predicted octanol–water partition coefficient (Wildman–Crippen LogP) is 7.31. The van der Waals surface area contributed by atoms with Gasteiger partial charge in [-0.15, -0.1) is 11.3 Å². The van der Waals surface area contributed by atoms with Gasteiger partial charge in [-0.05, 0) is 37.4 Å². The van der Waals surface area contributed by atoms with Crippen LogP contribution in [0.2, 0.25) is 0 Å². The molecule has 0 bridgehead atoms. The molecule has 4 aromatic rings. The molecule has 0 radical (unpaired) electrons. The van der Waals surface area contributed by atoms with E-state index in [4.69, 9.17) is 9.72 Å². The van der Waals surface area contributed by atoms with Gasteiger partial charge >= 0.3 is 0 Å². The Morgan fingerprint density at radius 3 is 2.00 bits per heavy atom. The minimum atomic E-state index is 0. The standard InChI is InChI=1S/C15H14N2OS.C10H12O.CH4/c1-10(2)18-15-14(13-8-5-9-19-13)16-11-6-3-4-7-12(11)17-15;1-8(2)10(11)9-6-4-3-5-7-9;/h3-10H,1-2H3;3-8H,1-2H3;1H4. The van der Waals surface area contributed by atoms with Gasteiger partial charge in [-0.2, -0.15) is 0 Å². The van der Waals surface area contributed by atoms with E-state index < -0.39 is 0 Å². The molecule has 0 N–H and O–H groups in total. The third kappa shape index (κ3) is 6.46. The number of nitrogens with zero attached hydrogens (tertiary/aromatic N) is 2. The van der Waals surface area contributed by atoms with E-state index in [-0.39, 0.29) is 25.2 Å². The predicted molar refractivity (Wildman–Crippen MR) is 131 cm³/mol. The number of para-hydroxylation sites is 2. The van der Waals surface area contributed by atoms with E-state index in [9.17, 15) is 4.79 Å². The number of fused-ring (bicyclic) bond motifs is 1. The second-order valence-electron chi connectivity index (χ2n) is 7.39. The molecular formula is C26H30N2O2S. The van der Waals surface area contributed by atoms with Gasteiger partial charge in [0, 0.05) is 11.5 Å². The summed E-state index contributed by atoms with van der Waals surface area (Å²) in [5.41, 5.74) is 3.38. The normalized spacial score (nSPS) is 10.4. The van der Waals surface area contributed by atoms with Gasteiger partial charge in [0.1, 0.15) is 5.69 Å². The molecule has 0 aliphatic heterocycles. The summed E-state index contributed by atoms with van der Waals surface area (Å²) in [6.07, 6.45) is 0.0779. The highest BCUT2D eigenvalue weighted by Gasteiger charge is 2.14. The van der Waals surface area contributed by atoms with Crippen molar-refractivity contribution < 1.29 is 9.53 Å². The van der Waals surface area contributed by atoms with Crippen LogP contribution in [0.15, 0.2) is 72.1 Å². The lowest BCUT2D eigenvalue weighted by molar-refractivity contribution is 0.0939. The number of ketones is 1. The van der Waals surface area contributed by atoms with Crippen molar-refractivity contribution in [3.63, 3.8) is 0 Å². The first kappa shape index (κ1) is 24.2. The minimum Gasteiger partial charge on any atom is -0.473 e. The zero-order chi connectivity index (χ0) is 21.5. The largest absolute Gasteiger partial charge is 0.473 e. The SMILES string of the molecule is C.CC(C)C(=O)c1ccccc1.CC(C)Oc1nc2ccccc2nc1-c1cccs1. The van der Waals surface area contributed by atoms with Gasteiger partial charge < -0.3 is 4.74 Å². The number of carbonyl (C=O) groups excluding carboxylic acids is 1. The maximum absolute atomic E-state index is 11.3. The maximum Gasteiger partial charge on any atom is 0.242 e. The lowest BCUT2D eigenvalue weighted by Gasteiger charge is -2.12. The molecule has 0 saturated carbocycles. The molecule has 162 valence electrons. The summed E-state index contributed by atoms with van der Waals surface area (Å²) in [7, 11) is 0. The number of hydrogen-bond donors (Lipinski definition) is 0. The molecule has 2 heterocycles. The van der Waals surface area contributed by atoms with E-state index in [1.807, 2.05) is 99.8 Å². The molecule has 0 fully saturated rings. The molecule has 0 spiro atoms. The summed E-state index contributed by atoms with van der Waals surface area (Å²) in [5.74, 6) is 0.916. The van der Waals surface area contributed by atoms with Gasteiger partial charge in [-0.25, -0.2) is 9.97 Å². The topological polar surface area (TPSA) is 52.1 Å². The number of hydrogen-bond acceptors (Lipinski definition) is 5. The van der Waals surface area contributed by atoms with Gasteiger partial charge in [0.15, 0.2) is 5.78 Å². The van der Waals surface area contributed by atoms with Crippen molar-refractivity contribution in [1.29, 1.82) is 0 Å². The van der Waals surface area contributed by atoms with E-state index in [1.165, 1.54) is 0 Å². The molecule has 2 aromatic carbocycles. The van der Waals surface area contributed by atoms with Gasteiger partial charge in [-0.1, -0.05) is 69.8 Å². The molecule has 0 aliphatic rings. The van der Waals surface area contributed by atoms with Crippen molar-refractivity contribution in [2.24, 2.45) is 5.92 Å². The Balaban J connectivity index is 0.000000245. The number of thiophene rings is 1. The van der Waals surface area contributed by atoms with Crippen LogP contribution in [0, 0.1) is 5.92 Å². The smallest absolute Gasteiger partial charge is 0.242 e. The molecule has 4 rings (SSSR count).